The lowest BCUT2D eigenvalue weighted by molar-refractivity contribution is 0.208. The average Bonchev–Trinajstić information content (AvgIpc) is 2.60. The molecule has 0 unspecified atom stereocenters. The molecule has 1 heterocycles. The Morgan fingerprint density at radius 1 is 0.917 bits per heavy atom. The first-order valence-electron chi connectivity index (χ1n) is 8.48. The third-order valence-corrected chi connectivity index (χ3v) is 4.81. The number of carbonyl (C=O) groups is 1. The molecule has 4 nitrogen and oxygen atoms in total. The van der Waals surface area contributed by atoms with Crippen LogP contribution in [-0.4, -0.2) is 37.1 Å². The van der Waals surface area contributed by atoms with E-state index in [9.17, 15) is 4.79 Å². The Kier molecular flexibility index (Phi) is 4.74. The van der Waals surface area contributed by atoms with Gasteiger partial charge >= 0.3 is 6.03 Å². The number of anilines is 2. The van der Waals surface area contributed by atoms with E-state index in [-0.39, 0.29) is 6.03 Å². The largest absolute Gasteiger partial charge is 0.368 e. The van der Waals surface area contributed by atoms with Crippen LogP contribution in [0.15, 0.2) is 42.5 Å². The Hall–Kier alpha value is -2.49. The van der Waals surface area contributed by atoms with Crippen LogP contribution < -0.4 is 10.2 Å². The highest BCUT2D eigenvalue weighted by atomic mass is 16.2. The Bertz CT molecular complexity index is 716. The van der Waals surface area contributed by atoms with Crippen molar-refractivity contribution in [3.8, 4) is 0 Å². The molecule has 0 spiro atoms. The Morgan fingerprint density at radius 3 is 2.25 bits per heavy atom. The van der Waals surface area contributed by atoms with Crippen molar-refractivity contribution in [2.75, 3.05) is 36.4 Å². The summed E-state index contributed by atoms with van der Waals surface area (Å²) in [5, 5.41) is 3.05. The summed E-state index contributed by atoms with van der Waals surface area (Å²) < 4.78 is 0. The van der Waals surface area contributed by atoms with Crippen molar-refractivity contribution >= 4 is 17.4 Å². The lowest BCUT2D eigenvalue weighted by Crippen LogP contribution is -2.50. The van der Waals surface area contributed by atoms with Gasteiger partial charge in [0.1, 0.15) is 0 Å². The van der Waals surface area contributed by atoms with Gasteiger partial charge < -0.3 is 15.1 Å². The second kappa shape index (κ2) is 6.95. The summed E-state index contributed by atoms with van der Waals surface area (Å²) in [7, 11) is 0. The number of piperazine rings is 1. The molecular weight excluding hydrogens is 298 g/mol. The smallest absolute Gasteiger partial charge is 0.321 e. The van der Waals surface area contributed by atoms with Crippen LogP contribution in [0.4, 0.5) is 16.2 Å². The van der Waals surface area contributed by atoms with E-state index in [1.54, 1.807) is 0 Å². The Morgan fingerprint density at radius 2 is 1.58 bits per heavy atom. The fraction of sp³-hybridized carbons (Fsp3) is 0.350. The molecule has 24 heavy (non-hydrogen) atoms. The highest BCUT2D eigenvalue weighted by Gasteiger charge is 2.21. The van der Waals surface area contributed by atoms with Gasteiger partial charge in [-0.15, -0.1) is 0 Å². The molecule has 2 aromatic rings. The molecule has 0 atom stereocenters. The molecular formula is C20H25N3O. The quantitative estimate of drug-likeness (QED) is 0.908. The van der Waals surface area contributed by atoms with E-state index in [0.717, 1.165) is 37.4 Å². The van der Waals surface area contributed by atoms with Crippen molar-refractivity contribution < 1.29 is 4.79 Å². The Balaban J connectivity index is 1.59. The summed E-state index contributed by atoms with van der Waals surface area (Å²) in [4.78, 5) is 16.7. The molecule has 0 saturated carbocycles. The molecule has 1 saturated heterocycles. The number of aryl methyl sites for hydroxylation is 2. The molecule has 3 rings (SSSR count). The van der Waals surface area contributed by atoms with Gasteiger partial charge in [-0.3, -0.25) is 0 Å². The maximum atomic E-state index is 12.5. The normalized spacial score (nSPS) is 14.6. The van der Waals surface area contributed by atoms with Crippen LogP contribution in [-0.2, 0) is 0 Å². The minimum Gasteiger partial charge on any atom is -0.368 e. The van der Waals surface area contributed by atoms with Crippen LogP contribution in [0.25, 0.3) is 0 Å². The van der Waals surface area contributed by atoms with E-state index in [1.807, 2.05) is 24.0 Å². The molecule has 4 heteroatoms. The number of nitrogens with one attached hydrogen (secondary N) is 1. The van der Waals surface area contributed by atoms with Gasteiger partial charge in [0, 0.05) is 37.6 Å². The van der Waals surface area contributed by atoms with E-state index < -0.39 is 0 Å². The number of rotatable bonds is 2. The van der Waals surface area contributed by atoms with E-state index in [0.29, 0.717) is 0 Å². The van der Waals surface area contributed by atoms with E-state index in [1.165, 1.54) is 16.8 Å². The van der Waals surface area contributed by atoms with Gasteiger partial charge in [-0.2, -0.15) is 0 Å². The lowest BCUT2D eigenvalue weighted by atomic mass is 10.1. The summed E-state index contributed by atoms with van der Waals surface area (Å²) in [6, 6.07) is 14.6. The number of amides is 2. The third kappa shape index (κ3) is 3.53. The highest BCUT2D eigenvalue weighted by Crippen LogP contribution is 2.20. The van der Waals surface area contributed by atoms with E-state index in [4.69, 9.17) is 0 Å². The third-order valence-electron chi connectivity index (χ3n) is 4.81. The first kappa shape index (κ1) is 16.4. The number of urea groups is 1. The second-order valence-electron chi connectivity index (χ2n) is 6.49. The number of carbonyl (C=O) groups excluding carboxylic acids is 1. The predicted molar refractivity (Wildman–Crippen MR) is 99.9 cm³/mol. The van der Waals surface area contributed by atoms with Gasteiger partial charge in [-0.1, -0.05) is 29.8 Å². The van der Waals surface area contributed by atoms with Crippen LogP contribution in [0.3, 0.4) is 0 Å². The number of benzene rings is 2. The molecule has 0 aromatic heterocycles. The van der Waals surface area contributed by atoms with E-state index in [2.05, 4.69) is 54.4 Å². The molecule has 1 aliphatic heterocycles. The van der Waals surface area contributed by atoms with Crippen LogP contribution in [0.2, 0.25) is 0 Å². The van der Waals surface area contributed by atoms with Crippen molar-refractivity contribution in [2.45, 2.75) is 20.8 Å². The summed E-state index contributed by atoms with van der Waals surface area (Å²) in [5.74, 6) is 0. The van der Waals surface area contributed by atoms with Gasteiger partial charge in [-0.25, -0.2) is 4.79 Å². The van der Waals surface area contributed by atoms with Crippen LogP contribution in [0.1, 0.15) is 16.7 Å². The minimum absolute atomic E-state index is 0.00717. The summed E-state index contributed by atoms with van der Waals surface area (Å²) in [6.07, 6.45) is 0. The van der Waals surface area contributed by atoms with Crippen molar-refractivity contribution in [1.29, 1.82) is 0 Å². The van der Waals surface area contributed by atoms with Gasteiger partial charge in [0.25, 0.3) is 0 Å². The maximum Gasteiger partial charge on any atom is 0.321 e. The molecule has 1 N–H and O–H groups in total. The standard InChI is InChI=1S/C20H25N3O/c1-15-7-9-18(10-8-15)22-11-13-23(14-12-22)20(24)21-19-6-4-5-16(2)17(19)3/h4-10H,11-14H2,1-3H3,(H,21,24). The molecule has 0 bridgehead atoms. The first-order valence-corrected chi connectivity index (χ1v) is 8.48. The van der Waals surface area contributed by atoms with Gasteiger partial charge in [0.2, 0.25) is 0 Å². The monoisotopic (exact) mass is 323 g/mol. The fourth-order valence-electron chi connectivity index (χ4n) is 3.00. The molecule has 1 fully saturated rings. The predicted octanol–water partition coefficient (Wildman–Crippen LogP) is 3.97. The molecule has 2 amide bonds. The van der Waals surface area contributed by atoms with Crippen LogP contribution >= 0.6 is 0 Å². The minimum atomic E-state index is -0.00717. The summed E-state index contributed by atoms with van der Waals surface area (Å²) >= 11 is 0. The zero-order chi connectivity index (χ0) is 17.1. The second-order valence-corrected chi connectivity index (χ2v) is 6.49. The molecule has 1 aliphatic rings. The lowest BCUT2D eigenvalue weighted by Gasteiger charge is -2.36. The molecule has 0 aliphatic carbocycles. The van der Waals surface area contributed by atoms with Gasteiger partial charge in [-0.05, 0) is 50.1 Å². The van der Waals surface area contributed by atoms with Crippen molar-refractivity contribution in [3.05, 3.63) is 59.2 Å². The zero-order valence-corrected chi connectivity index (χ0v) is 14.7. The number of hydrogen-bond acceptors (Lipinski definition) is 2. The van der Waals surface area contributed by atoms with Gasteiger partial charge in [0.05, 0.1) is 0 Å². The van der Waals surface area contributed by atoms with Crippen LogP contribution in [0.5, 0.6) is 0 Å². The van der Waals surface area contributed by atoms with Crippen molar-refractivity contribution in [3.63, 3.8) is 0 Å². The van der Waals surface area contributed by atoms with Gasteiger partial charge in [0.15, 0.2) is 0 Å². The molecule has 2 aromatic carbocycles. The number of nitrogens with zero attached hydrogens (tertiary/aromatic N) is 2. The average molecular weight is 323 g/mol. The first-order chi connectivity index (χ1) is 11.5. The number of hydrogen-bond donors (Lipinski definition) is 1. The van der Waals surface area contributed by atoms with E-state index >= 15 is 0 Å². The highest BCUT2D eigenvalue weighted by molar-refractivity contribution is 5.90. The zero-order valence-electron chi connectivity index (χ0n) is 14.7. The summed E-state index contributed by atoms with van der Waals surface area (Å²) in [5.41, 5.74) is 5.72. The van der Waals surface area contributed by atoms with Crippen molar-refractivity contribution in [2.24, 2.45) is 0 Å². The Labute approximate surface area is 144 Å². The fourth-order valence-corrected chi connectivity index (χ4v) is 3.00. The molecule has 0 radical (unpaired) electrons. The maximum absolute atomic E-state index is 12.5. The van der Waals surface area contributed by atoms with Crippen molar-refractivity contribution in [1.82, 2.24) is 4.90 Å². The SMILES string of the molecule is Cc1ccc(N2CCN(C(=O)Nc3cccc(C)c3C)CC2)cc1. The summed E-state index contributed by atoms with van der Waals surface area (Å²) in [6.45, 7) is 9.41. The molecule has 126 valence electrons. The topological polar surface area (TPSA) is 35.6 Å². The van der Waals surface area contributed by atoms with Crippen LogP contribution in [0, 0.1) is 20.8 Å².